The van der Waals surface area contributed by atoms with Gasteiger partial charge in [-0.2, -0.15) is 0 Å². The fourth-order valence-corrected chi connectivity index (χ4v) is 5.67. The lowest BCUT2D eigenvalue weighted by atomic mass is 10.1. The number of sulfone groups is 1. The molecule has 1 aliphatic carbocycles. The van der Waals surface area contributed by atoms with E-state index in [1.807, 2.05) is 6.92 Å². The minimum atomic E-state index is -3.82. The number of nitrogens with two attached hydrogens (primary N) is 1. The van der Waals surface area contributed by atoms with Crippen LogP contribution in [0.1, 0.15) is 24.0 Å². The number of rotatable bonds is 6. The van der Waals surface area contributed by atoms with E-state index in [0.717, 1.165) is 5.56 Å². The van der Waals surface area contributed by atoms with Crippen LogP contribution in [0, 0.1) is 6.92 Å². The molecule has 0 aliphatic heterocycles. The van der Waals surface area contributed by atoms with E-state index in [1.165, 1.54) is 0 Å². The molecule has 0 spiro atoms. The smallest absolute Gasteiger partial charge is 0.328 e. The number of methoxy groups -OCH3 is 1. The highest BCUT2D eigenvalue weighted by Gasteiger charge is 2.74. The zero-order chi connectivity index (χ0) is 19.8. The highest BCUT2D eigenvalue weighted by molar-refractivity contribution is 7.92. The average Bonchev–Trinajstić information content (AvgIpc) is 3.31. The van der Waals surface area contributed by atoms with Crippen LogP contribution in [0.25, 0.3) is 0 Å². The number of hydrogen-bond acceptors (Lipinski definition) is 6. The normalized spacial score (nSPS) is 24.3. The molecule has 0 heterocycles. The van der Waals surface area contributed by atoms with Gasteiger partial charge in [-0.15, -0.1) is 0 Å². The molecule has 7 heteroatoms. The number of hydrogen-bond donors (Lipinski definition) is 1. The van der Waals surface area contributed by atoms with Crippen molar-refractivity contribution in [3.63, 3.8) is 0 Å². The fourth-order valence-electron chi connectivity index (χ4n) is 3.45. The maximum absolute atomic E-state index is 13.2. The van der Waals surface area contributed by atoms with Crippen LogP contribution >= 0.6 is 0 Å². The molecule has 0 bridgehead atoms. The minimum Gasteiger partial charge on any atom is -0.497 e. The fraction of sp³-hybridized carbons (Fsp3) is 0.350. The van der Waals surface area contributed by atoms with E-state index in [9.17, 15) is 13.2 Å². The molecule has 2 N–H and O–H groups in total. The van der Waals surface area contributed by atoms with Crippen LogP contribution in [0.15, 0.2) is 53.4 Å². The Kier molecular flexibility index (Phi) is 5.01. The van der Waals surface area contributed by atoms with Gasteiger partial charge in [0.1, 0.15) is 16.5 Å². The van der Waals surface area contributed by atoms with E-state index in [2.05, 4.69) is 0 Å². The molecule has 3 rings (SSSR count). The lowest BCUT2D eigenvalue weighted by Gasteiger charge is -2.11. The van der Waals surface area contributed by atoms with Gasteiger partial charge >= 0.3 is 5.97 Å². The zero-order valence-corrected chi connectivity index (χ0v) is 16.3. The second-order valence-electron chi connectivity index (χ2n) is 6.68. The number of benzene rings is 2. The Morgan fingerprint density at radius 2 is 1.70 bits per heavy atom. The van der Waals surface area contributed by atoms with Gasteiger partial charge in [0, 0.05) is 5.92 Å². The summed E-state index contributed by atoms with van der Waals surface area (Å²) in [6.45, 7) is 3.67. The summed E-state index contributed by atoms with van der Waals surface area (Å²) in [5.41, 5.74) is 6.32. The summed E-state index contributed by atoms with van der Waals surface area (Å²) in [6.07, 6.45) is 0. The topological polar surface area (TPSA) is 95.7 Å². The largest absolute Gasteiger partial charge is 0.497 e. The van der Waals surface area contributed by atoms with Gasteiger partial charge in [0.05, 0.1) is 18.6 Å². The van der Waals surface area contributed by atoms with E-state index in [0.29, 0.717) is 11.3 Å². The number of carbonyl (C=O) groups excluding carboxylic acids is 1. The second-order valence-corrected chi connectivity index (χ2v) is 8.75. The molecule has 1 fully saturated rings. The van der Waals surface area contributed by atoms with Crippen molar-refractivity contribution < 1.29 is 22.7 Å². The van der Waals surface area contributed by atoms with Crippen LogP contribution in [0.2, 0.25) is 0 Å². The quantitative estimate of drug-likeness (QED) is 0.761. The van der Waals surface area contributed by atoms with E-state index < -0.39 is 32.5 Å². The van der Waals surface area contributed by atoms with Gasteiger partial charge in [0.25, 0.3) is 0 Å². The Hall–Kier alpha value is -2.38. The van der Waals surface area contributed by atoms with Crippen molar-refractivity contribution in [3.8, 4) is 5.75 Å². The highest BCUT2D eigenvalue weighted by Crippen LogP contribution is 2.56. The molecule has 0 unspecified atom stereocenters. The van der Waals surface area contributed by atoms with Gasteiger partial charge in [-0.05, 0) is 43.7 Å². The summed E-state index contributed by atoms with van der Waals surface area (Å²) in [7, 11) is -2.28. The first kappa shape index (κ1) is 19.4. The van der Waals surface area contributed by atoms with Crippen LogP contribution in [0.4, 0.5) is 0 Å². The minimum absolute atomic E-state index is 0.129. The molecule has 6 nitrogen and oxygen atoms in total. The van der Waals surface area contributed by atoms with E-state index in [4.69, 9.17) is 15.2 Å². The molecular formula is C20H23NO5S. The molecule has 144 valence electrons. The predicted molar refractivity (Wildman–Crippen MR) is 101 cm³/mol. The summed E-state index contributed by atoms with van der Waals surface area (Å²) in [6, 6.07) is 13.4. The molecule has 27 heavy (non-hydrogen) atoms. The first-order valence-corrected chi connectivity index (χ1v) is 10.2. The van der Waals surface area contributed by atoms with Crippen molar-refractivity contribution in [2.75, 3.05) is 13.7 Å². The summed E-state index contributed by atoms with van der Waals surface area (Å²) in [4.78, 5) is 12.7. The van der Waals surface area contributed by atoms with Crippen molar-refractivity contribution in [2.24, 2.45) is 5.73 Å². The van der Waals surface area contributed by atoms with Crippen molar-refractivity contribution in [1.82, 2.24) is 0 Å². The summed E-state index contributed by atoms with van der Waals surface area (Å²) in [5, 5.41) is -1.08. The van der Waals surface area contributed by atoms with Crippen LogP contribution in [-0.4, -0.2) is 38.9 Å². The molecule has 0 amide bonds. The van der Waals surface area contributed by atoms with Crippen LogP contribution < -0.4 is 10.5 Å². The van der Waals surface area contributed by atoms with E-state index in [1.54, 1.807) is 62.6 Å². The van der Waals surface area contributed by atoms with Crippen LogP contribution in [-0.2, 0) is 19.4 Å². The first-order chi connectivity index (χ1) is 12.8. The average molecular weight is 389 g/mol. The molecule has 3 atom stereocenters. The Bertz CT molecular complexity index is 937. The maximum Gasteiger partial charge on any atom is 0.328 e. The zero-order valence-electron chi connectivity index (χ0n) is 15.5. The molecule has 2 aromatic carbocycles. The van der Waals surface area contributed by atoms with Crippen molar-refractivity contribution in [3.05, 3.63) is 59.7 Å². The molecular weight excluding hydrogens is 366 g/mol. The lowest BCUT2D eigenvalue weighted by Crippen LogP contribution is -2.41. The van der Waals surface area contributed by atoms with E-state index in [-0.39, 0.29) is 11.5 Å². The van der Waals surface area contributed by atoms with Crippen molar-refractivity contribution in [1.29, 1.82) is 0 Å². The number of ether oxygens (including phenoxy) is 2. The molecule has 2 aromatic rings. The Labute approximate surface area is 159 Å². The molecule has 0 aromatic heterocycles. The second kappa shape index (κ2) is 6.98. The van der Waals surface area contributed by atoms with Gasteiger partial charge in [-0.1, -0.05) is 29.8 Å². The number of aryl methyl sites for hydroxylation is 1. The summed E-state index contributed by atoms with van der Waals surface area (Å²) >= 11 is 0. The van der Waals surface area contributed by atoms with Gasteiger partial charge < -0.3 is 15.2 Å². The van der Waals surface area contributed by atoms with Gasteiger partial charge in [0.15, 0.2) is 9.84 Å². The molecule has 1 saturated carbocycles. The van der Waals surface area contributed by atoms with Gasteiger partial charge in [-0.3, -0.25) is 0 Å². The third kappa shape index (κ3) is 3.21. The summed E-state index contributed by atoms with van der Waals surface area (Å²) < 4.78 is 36.7. The van der Waals surface area contributed by atoms with Gasteiger partial charge in [-0.25, -0.2) is 13.2 Å². The van der Waals surface area contributed by atoms with Crippen molar-refractivity contribution >= 4 is 15.8 Å². The standard InChI is InChI=1S/C20H23NO5S/c1-4-26-19(22)20(21)17(14-7-9-15(25-3)10-8-14)18(20)27(23,24)16-11-5-13(2)6-12-16/h5-12,17-18H,4,21H2,1-3H3/t17-,18-,20+/m0/s1. The SMILES string of the molecule is CCOC(=O)[C@@]1(N)[C@@H](c2ccc(OC)cc2)[C@@H]1S(=O)(=O)c1ccc(C)cc1. The maximum atomic E-state index is 13.2. The number of esters is 1. The van der Waals surface area contributed by atoms with Crippen molar-refractivity contribution in [2.45, 2.75) is 35.4 Å². The molecule has 1 aliphatic rings. The predicted octanol–water partition coefficient (Wildman–Crippen LogP) is 2.20. The highest BCUT2D eigenvalue weighted by atomic mass is 32.2. The Morgan fingerprint density at radius 3 is 2.22 bits per heavy atom. The number of carbonyl (C=O) groups is 1. The summed E-state index contributed by atoms with van der Waals surface area (Å²) in [5.74, 6) is -0.753. The first-order valence-electron chi connectivity index (χ1n) is 8.67. The molecule has 0 saturated heterocycles. The van der Waals surface area contributed by atoms with Crippen LogP contribution in [0.5, 0.6) is 5.75 Å². The monoisotopic (exact) mass is 389 g/mol. The lowest BCUT2D eigenvalue weighted by molar-refractivity contribution is -0.145. The van der Waals surface area contributed by atoms with E-state index >= 15 is 0 Å². The Balaban J connectivity index is 2.04. The third-order valence-corrected chi connectivity index (χ3v) is 7.23. The third-order valence-electron chi connectivity index (χ3n) is 4.97. The van der Waals surface area contributed by atoms with Gasteiger partial charge in [0.2, 0.25) is 0 Å². The Morgan fingerprint density at radius 1 is 1.11 bits per heavy atom. The molecule has 0 radical (unpaired) electrons. The van der Waals surface area contributed by atoms with Crippen LogP contribution in [0.3, 0.4) is 0 Å².